The Morgan fingerprint density at radius 3 is 1.65 bits per heavy atom. The molecule has 4 aromatic rings. The number of aromatic nitrogens is 8. The van der Waals surface area contributed by atoms with Gasteiger partial charge in [0.05, 0.1) is 0 Å². The fourth-order valence-electron chi connectivity index (χ4n) is 2.21. The topological polar surface area (TPSA) is 139 Å². The van der Waals surface area contributed by atoms with Crippen LogP contribution >= 0.6 is 0 Å². The molecule has 0 aliphatic carbocycles. The van der Waals surface area contributed by atoms with Crippen LogP contribution in [0.4, 0.5) is 0 Å². The molecule has 0 atom stereocenters. The van der Waals surface area contributed by atoms with Crippen LogP contribution in [0.2, 0.25) is 0 Å². The zero-order chi connectivity index (χ0) is 18.3. The van der Waals surface area contributed by atoms with Crippen LogP contribution in [0, 0.1) is 13.8 Å². The van der Waals surface area contributed by atoms with Crippen molar-refractivity contribution in [2.75, 3.05) is 0 Å². The van der Waals surface area contributed by atoms with Gasteiger partial charge in [0.1, 0.15) is 12.7 Å². The Balaban J connectivity index is 1.59. The summed E-state index contributed by atoms with van der Waals surface area (Å²) in [7, 11) is 0. The molecule has 0 N–H and O–H groups in total. The maximum absolute atomic E-state index is 12.1. The quantitative estimate of drug-likeness (QED) is 0.348. The summed E-state index contributed by atoms with van der Waals surface area (Å²) in [4.78, 5) is 40.3. The Kier molecular flexibility index (Phi) is 3.49. The van der Waals surface area contributed by atoms with Gasteiger partial charge in [0.2, 0.25) is 11.8 Å². The van der Waals surface area contributed by atoms with E-state index in [2.05, 4.69) is 30.1 Å². The van der Waals surface area contributed by atoms with Gasteiger partial charge in [-0.3, -0.25) is 0 Å². The van der Waals surface area contributed by atoms with Crippen molar-refractivity contribution in [3.8, 4) is 11.8 Å². The highest BCUT2D eigenvalue weighted by Gasteiger charge is 2.23. The number of aryl methyl sites for hydroxylation is 2. The standard InChI is InChI=1S/C14H10N8O4/c1-7-3-9(21-13(19-7)15-5-17-21)25-11(23)12(24)26-10-4-8(2)20-14-16-6-18-22(10)14/h3-6H,1-2H3. The predicted octanol–water partition coefficient (Wildman–Crippen LogP) is -0.310. The van der Waals surface area contributed by atoms with E-state index in [1.807, 2.05) is 0 Å². The number of rotatable bonds is 2. The lowest BCUT2D eigenvalue weighted by atomic mass is 10.4. The number of ether oxygens (including phenoxy) is 2. The first-order chi connectivity index (χ1) is 12.5. The summed E-state index contributed by atoms with van der Waals surface area (Å²) in [5, 5.41) is 7.77. The SMILES string of the molecule is Cc1cc(OC(=O)C(=O)Oc2cc(C)nc3ncnn23)n2ncnc2n1. The third-order valence-corrected chi connectivity index (χ3v) is 3.26. The van der Waals surface area contributed by atoms with Crippen molar-refractivity contribution >= 4 is 23.5 Å². The molecular weight excluding hydrogens is 344 g/mol. The van der Waals surface area contributed by atoms with E-state index in [0.29, 0.717) is 11.4 Å². The molecule has 0 amide bonds. The van der Waals surface area contributed by atoms with Gasteiger partial charge in [-0.15, -0.1) is 0 Å². The molecule has 0 aromatic carbocycles. The highest BCUT2D eigenvalue weighted by atomic mass is 16.6. The fraction of sp³-hybridized carbons (Fsp3) is 0.143. The number of carbonyl (C=O) groups excluding carboxylic acids is 2. The largest absolute Gasteiger partial charge is 0.424 e. The summed E-state index contributed by atoms with van der Waals surface area (Å²) in [5.74, 6) is -2.04. The summed E-state index contributed by atoms with van der Waals surface area (Å²) in [6.45, 7) is 3.37. The molecule has 4 aromatic heterocycles. The Morgan fingerprint density at radius 1 is 0.808 bits per heavy atom. The molecule has 12 nitrogen and oxygen atoms in total. The highest BCUT2D eigenvalue weighted by Crippen LogP contribution is 2.15. The number of esters is 2. The lowest BCUT2D eigenvalue weighted by molar-refractivity contribution is -0.156. The van der Waals surface area contributed by atoms with Crippen LogP contribution in [-0.2, 0) is 9.59 Å². The van der Waals surface area contributed by atoms with Crippen LogP contribution in [0.1, 0.15) is 11.4 Å². The van der Waals surface area contributed by atoms with Gasteiger partial charge in [0, 0.05) is 23.5 Å². The summed E-state index contributed by atoms with van der Waals surface area (Å²) in [5.41, 5.74) is 1.08. The average molecular weight is 354 g/mol. The number of hydrogen-bond donors (Lipinski definition) is 0. The van der Waals surface area contributed by atoms with Gasteiger partial charge in [-0.1, -0.05) is 0 Å². The van der Waals surface area contributed by atoms with Crippen LogP contribution in [0.25, 0.3) is 11.6 Å². The molecule has 0 aliphatic heterocycles. The molecule has 4 heterocycles. The summed E-state index contributed by atoms with van der Waals surface area (Å²) in [6.07, 6.45) is 2.50. The molecule has 130 valence electrons. The monoisotopic (exact) mass is 354 g/mol. The van der Waals surface area contributed by atoms with Gasteiger partial charge >= 0.3 is 11.9 Å². The second-order valence-electron chi connectivity index (χ2n) is 5.19. The van der Waals surface area contributed by atoms with Crippen LogP contribution in [0.15, 0.2) is 24.8 Å². The third-order valence-electron chi connectivity index (χ3n) is 3.26. The van der Waals surface area contributed by atoms with Crippen molar-refractivity contribution in [2.24, 2.45) is 0 Å². The maximum Gasteiger partial charge on any atom is 0.424 e. The fourth-order valence-corrected chi connectivity index (χ4v) is 2.21. The van der Waals surface area contributed by atoms with Crippen molar-refractivity contribution in [3.63, 3.8) is 0 Å². The van der Waals surface area contributed by atoms with Gasteiger partial charge < -0.3 is 9.47 Å². The van der Waals surface area contributed by atoms with Gasteiger partial charge in [-0.25, -0.2) is 19.6 Å². The second-order valence-corrected chi connectivity index (χ2v) is 5.19. The first-order valence-electron chi connectivity index (χ1n) is 7.30. The van der Waals surface area contributed by atoms with Crippen molar-refractivity contribution in [2.45, 2.75) is 13.8 Å². The molecule has 0 saturated carbocycles. The van der Waals surface area contributed by atoms with E-state index >= 15 is 0 Å². The van der Waals surface area contributed by atoms with E-state index in [-0.39, 0.29) is 23.3 Å². The van der Waals surface area contributed by atoms with E-state index < -0.39 is 11.9 Å². The van der Waals surface area contributed by atoms with Crippen LogP contribution in [-0.4, -0.2) is 51.1 Å². The van der Waals surface area contributed by atoms with Gasteiger partial charge in [0.25, 0.3) is 11.6 Å². The lowest BCUT2D eigenvalue weighted by Crippen LogP contribution is -2.27. The molecule has 0 saturated heterocycles. The Hall–Kier alpha value is -3.96. The number of hydrogen-bond acceptors (Lipinski definition) is 10. The smallest absolute Gasteiger partial charge is 0.399 e. The highest BCUT2D eigenvalue weighted by molar-refractivity contribution is 6.30. The van der Waals surface area contributed by atoms with Crippen LogP contribution in [0.3, 0.4) is 0 Å². The van der Waals surface area contributed by atoms with E-state index in [1.54, 1.807) is 13.8 Å². The molecule has 26 heavy (non-hydrogen) atoms. The van der Waals surface area contributed by atoms with E-state index in [0.717, 1.165) is 0 Å². The summed E-state index contributed by atoms with van der Waals surface area (Å²) < 4.78 is 12.5. The van der Waals surface area contributed by atoms with E-state index in [1.165, 1.54) is 33.8 Å². The zero-order valence-corrected chi connectivity index (χ0v) is 13.5. The lowest BCUT2D eigenvalue weighted by Gasteiger charge is -2.07. The van der Waals surface area contributed by atoms with Gasteiger partial charge in [0.15, 0.2) is 0 Å². The maximum atomic E-state index is 12.1. The van der Waals surface area contributed by atoms with Crippen molar-refractivity contribution in [1.29, 1.82) is 0 Å². The number of fused-ring (bicyclic) bond motifs is 2. The second kappa shape index (κ2) is 5.84. The van der Waals surface area contributed by atoms with Crippen molar-refractivity contribution in [3.05, 3.63) is 36.2 Å². The number of carbonyl (C=O) groups is 2. The van der Waals surface area contributed by atoms with Gasteiger partial charge in [-0.05, 0) is 13.8 Å². The van der Waals surface area contributed by atoms with Crippen LogP contribution in [0.5, 0.6) is 11.8 Å². The van der Waals surface area contributed by atoms with E-state index in [4.69, 9.17) is 9.47 Å². The Morgan fingerprint density at radius 2 is 1.23 bits per heavy atom. The molecule has 0 fully saturated rings. The molecule has 4 rings (SSSR count). The molecule has 12 heteroatoms. The minimum atomic E-state index is -1.24. The average Bonchev–Trinajstić information content (AvgIpc) is 3.23. The minimum absolute atomic E-state index is 0.0104. The van der Waals surface area contributed by atoms with Crippen molar-refractivity contribution in [1.82, 2.24) is 39.2 Å². The van der Waals surface area contributed by atoms with Gasteiger partial charge in [-0.2, -0.15) is 29.2 Å². The van der Waals surface area contributed by atoms with E-state index in [9.17, 15) is 9.59 Å². The third kappa shape index (κ3) is 2.68. The molecule has 0 aliphatic rings. The first-order valence-corrected chi connectivity index (χ1v) is 7.30. The minimum Gasteiger partial charge on any atom is -0.399 e. The zero-order valence-electron chi connectivity index (χ0n) is 13.5. The molecular formula is C14H10N8O4. The molecule has 0 radical (unpaired) electrons. The Labute approximate surface area is 144 Å². The first kappa shape index (κ1) is 15.6. The molecule has 0 unspecified atom stereocenters. The van der Waals surface area contributed by atoms with Crippen LogP contribution < -0.4 is 9.47 Å². The molecule has 0 bridgehead atoms. The Bertz CT molecular complexity index is 1070. The number of nitrogens with zero attached hydrogens (tertiary/aromatic N) is 8. The normalized spacial score (nSPS) is 11.0. The summed E-state index contributed by atoms with van der Waals surface area (Å²) >= 11 is 0. The summed E-state index contributed by atoms with van der Waals surface area (Å²) in [6, 6.07) is 2.89. The molecule has 0 spiro atoms. The predicted molar refractivity (Wildman–Crippen MR) is 82.3 cm³/mol. The van der Waals surface area contributed by atoms with Crippen molar-refractivity contribution < 1.29 is 19.1 Å².